The minimum absolute atomic E-state index is 0.189. The molecule has 0 saturated carbocycles. The van der Waals surface area contributed by atoms with E-state index in [-0.39, 0.29) is 11.5 Å². The molecule has 0 spiro atoms. The lowest BCUT2D eigenvalue weighted by atomic mass is 10.0. The molecule has 6 nitrogen and oxygen atoms in total. The van der Waals surface area contributed by atoms with E-state index in [0.29, 0.717) is 22.4 Å². The van der Waals surface area contributed by atoms with E-state index in [1.54, 1.807) is 57.2 Å². The van der Waals surface area contributed by atoms with Crippen molar-refractivity contribution in [3.63, 3.8) is 0 Å². The van der Waals surface area contributed by atoms with Gasteiger partial charge in [0.05, 0.1) is 22.1 Å². The highest BCUT2D eigenvalue weighted by Crippen LogP contribution is 2.21. The van der Waals surface area contributed by atoms with Crippen molar-refractivity contribution in [3.8, 4) is 23.7 Å². The molecular weight excluding hydrogens is 426 g/mol. The van der Waals surface area contributed by atoms with Crippen LogP contribution in [0.5, 0.6) is 5.75 Å². The lowest BCUT2D eigenvalue weighted by molar-refractivity contribution is -0.157. The summed E-state index contributed by atoms with van der Waals surface area (Å²) in [6.07, 6.45) is 2.77. The molecule has 0 bridgehead atoms. The van der Waals surface area contributed by atoms with Gasteiger partial charge in [-0.2, -0.15) is 5.26 Å². The lowest BCUT2D eigenvalue weighted by Crippen LogP contribution is -2.27. The van der Waals surface area contributed by atoms with Gasteiger partial charge in [-0.3, -0.25) is 0 Å². The first-order valence-corrected chi connectivity index (χ1v) is 12.1. The predicted molar refractivity (Wildman–Crippen MR) is 122 cm³/mol. The fraction of sp³-hybridized carbons (Fsp3) is 0.360. The molecular formula is C25H27NO5S. The number of esters is 1. The second kappa shape index (κ2) is 10.3. The first kappa shape index (κ1) is 25.0. The summed E-state index contributed by atoms with van der Waals surface area (Å²) < 4.78 is 34.8. The molecule has 0 aliphatic heterocycles. The molecule has 0 unspecified atom stereocenters. The van der Waals surface area contributed by atoms with E-state index in [9.17, 15) is 18.5 Å². The summed E-state index contributed by atoms with van der Waals surface area (Å²) in [5, 5.41) is 9.24. The first-order chi connectivity index (χ1) is 14.9. The fourth-order valence-electron chi connectivity index (χ4n) is 2.86. The molecule has 0 fully saturated rings. The van der Waals surface area contributed by atoms with Crippen LogP contribution < -0.4 is 4.74 Å². The zero-order valence-corrected chi connectivity index (χ0v) is 19.8. The second-order valence-corrected chi connectivity index (χ2v) is 10.3. The zero-order valence-electron chi connectivity index (χ0n) is 19.0. The molecule has 0 heterocycles. The largest absolute Gasteiger partial charge is 0.481 e. The molecule has 2 aromatic carbocycles. The van der Waals surface area contributed by atoms with Gasteiger partial charge in [0.2, 0.25) is 0 Å². The number of nitrogens with zero attached hydrogens (tertiary/aromatic N) is 1. The van der Waals surface area contributed by atoms with Gasteiger partial charge in [-0.25, -0.2) is 13.2 Å². The number of nitriles is 1. The van der Waals surface area contributed by atoms with Crippen molar-refractivity contribution in [3.05, 3.63) is 58.7 Å². The molecule has 0 radical (unpaired) electrons. The van der Waals surface area contributed by atoms with Crippen molar-refractivity contribution < 1.29 is 22.7 Å². The zero-order chi connectivity index (χ0) is 23.9. The van der Waals surface area contributed by atoms with E-state index < -0.39 is 21.4 Å². The molecule has 7 heteroatoms. The van der Waals surface area contributed by atoms with Gasteiger partial charge in [0.25, 0.3) is 0 Å². The Hall–Kier alpha value is -3.29. The number of carbonyl (C=O) groups excluding carboxylic acids is 1. The van der Waals surface area contributed by atoms with Crippen LogP contribution in [0.3, 0.4) is 0 Å². The Balaban J connectivity index is 2.43. The van der Waals surface area contributed by atoms with Gasteiger partial charge >= 0.3 is 5.97 Å². The number of ether oxygens (including phenoxy) is 2. The highest BCUT2D eigenvalue weighted by Gasteiger charge is 2.17. The van der Waals surface area contributed by atoms with Crippen LogP contribution >= 0.6 is 0 Å². The van der Waals surface area contributed by atoms with Crippen LogP contribution in [0.1, 0.15) is 56.4 Å². The van der Waals surface area contributed by atoms with Gasteiger partial charge < -0.3 is 9.47 Å². The molecule has 0 amide bonds. The maximum Gasteiger partial charge on any atom is 0.344 e. The van der Waals surface area contributed by atoms with Crippen LogP contribution in [-0.2, 0) is 25.8 Å². The van der Waals surface area contributed by atoms with Crippen LogP contribution in [0.25, 0.3) is 0 Å². The summed E-state index contributed by atoms with van der Waals surface area (Å²) in [5.41, 5.74) is 1.70. The van der Waals surface area contributed by atoms with Gasteiger partial charge in [-0.1, -0.05) is 31.3 Å². The molecule has 32 heavy (non-hydrogen) atoms. The quantitative estimate of drug-likeness (QED) is 0.484. The molecule has 0 saturated heterocycles. The van der Waals surface area contributed by atoms with Crippen LogP contribution in [0.4, 0.5) is 0 Å². The number of sulfone groups is 1. The van der Waals surface area contributed by atoms with Crippen LogP contribution in [-0.4, -0.2) is 32.9 Å². The molecule has 0 aromatic heterocycles. The number of benzene rings is 2. The monoisotopic (exact) mass is 453 g/mol. The number of hydrogen-bond acceptors (Lipinski definition) is 6. The normalized spacial score (nSPS) is 11.1. The average Bonchev–Trinajstić information content (AvgIpc) is 2.69. The van der Waals surface area contributed by atoms with Crippen molar-refractivity contribution in [2.24, 2.45) is 0 Å². The molecule has 0 atom stereocenters. The molecule has 0 aliphatic rings. The van der Waals surface area contributed by atoms with Gasteiger partial charge in [-0.15, -0.1) is 0 Å². The Morgan fingerprint density at radius 2 is 1.75 bits per heavy atom. The van der Waals surface area contributed by atoms with Crippen LogP contribution in [0.15, 0.2) is 41.3 Å². The SMILES string of the molecule is CCCc1ccc(S(C)(=O)=O)cc1C#Cc1cc(C#N)ccc1OCC(=O)OC(C)(C)C. The number of aryl methyl sites for hydroxylation is 1. The summed E-state index contributed by atoms with van der Waals surface area (Å²) >= 11 is 0. The Labute approximate surface area is 190 Å². The Morgan fingerprint density at radius 3 is 2.34 bits per heavy atom. The third-order valence-corrected chi connectivity index (χ3v) is 5.35. The number of hydrogen-bond donors (Lipinski definition) is 0. The van der Waals surface area contributed by atoms with E-state index in [1.165, 1.54) is 0 Å². The van der Waals surface area contributed by atoms with Gasteiger partial charge in [0.15, 0.2) is 16.4 Å². The minimum atomic E-state index is -3.38. The van der Waals surface area contributed by atoms with Crippen LogP contribution in [0, 0.1) is 23.2 Å². The van der Waals surface area contributed by atoms with Crippen molar-refractivity contribution in [2.45, 2.75) is 51.0 Å². The van der Waals surface area contributed by atoms with E-state index in [0.717, 1.165) is 24.7 Å². The van der Waals surface area contributed by atoms with Crippen molar-refractivity contribution in [1.82, 2.24) is 0 Å². The van der Waals surface area contributed by atoms with Crippen molar-refractivity contribution in [1.29, 1.82) is 5.26 Å². The van der Waals surface area contributed by atoms with Crippen molar-refractivity contribution >= 4 is 15.8 Å². The van der Waals surface area contributed by atoms with E-state index in [2.05, 4.69) is 17.9 Å². The molecule has 2 rings (SSSR count). The van der Waals surface area contributed by atoms with E-state index in [4.69, 9.17) is 9.47 Å². The third-order valence-electron chi connectivity index (χ3n) is 4.23. The second-order valence-electron chi connectivity index (χ2n) is 8.29. The highest BCUT2D eigenvalue weighted by atomic mass is 32.2. The Morgan fingerprint density at radius 1 is 1.06 bits per heavy atom. The molecule has 0 aliphatic carbocycles. The van der Waals surface area contributed by atoms with E-state index in [1.807, 2.05) is 6.92 Å². The molecule has 168 valence electrons. The minimum Gasteiger partial charge on any atom is -0.481 e. The summed E-state index contributed by atoms with van der Waals surface area (Å²) in [4.78, 5) is 12.2. The standard InChI is InChI=1S/C25H27NO5S/c1-6-7-19-11-12-22(32(5,28)29)15-20(19)9-10-21-14-18(16-26)8-13-23(21)30-17-24(27)31-25(2,3)4/h8,11-15H,6-7,17H2,1-5H3. The average molecular weight is 454 g/mol. The van der Waals surface area contributed by atoms with Gasteiger partial charge in [-0.05, 0) is 63.1 Å². The summed E-state index contributed by atoms with van der Waals surface area (Å²) in [6.45, 7) is 7.02. The van der Waals surface area contributed by atoms with Crippen molar-refractivity contribution in [2.75, 3.05) is 12.9 Å². The Kier molecular flexibility index (Phi) is 8.08. The predicted octanol–water partition coefficient (Wildman–Crippen LogP) is 4.03. The highest BCUT2D eigenvalue weighted by molar-refractivity contribution is 7.90. The summed E-state index contributed by atoms with van der Waals surface area (Å²) in [6, 6.07) is 11.7. The summed E-state index contributed by atoms with van der Waals surface area (Å²) in [7, 11) is -3.38. The number of rotatable bonds is 6. The Bertz CT molecular complexity index is 1210. The first-order valence-electron chi connectivity index (χ1n) is 10.2. The topological polar surface area (TPSA) is 93.5 Å². The summed E-state index contributed by atoms with van der Waals surface area (Å²) in [5.74, 6) is 5.82. The van der Waals surface area contributed by atoms with Gasteiger partial charge in [0, 0.05) is 11.8 Å². The van der Waals surface area contributed by atoms with E-state index >= 15 is 0 Å². The number of carbonyl (C=O) groups is 1. The van der Waals surface area contributed by atoms with Crippen LogP contribution in [0.2, 0.25) is 0 Å². The fourth-order valence-corrected chi connectivity index (χ4v) is 3.50. The van der Waals surface area contributed by atoms with Gasteiger partial charge in [0.1, 0.15) is 11.4 Å². The molecule has 2 aromatic rings. The molecule has 0 N–H and O–H groups in total. The maximum absolute atomic E-state index is 12.0. The third kappa shape index (κ3) is 7.44. The maximum atomic E-state index is 12.0. The smallest absolute Gasteiger partial charge is 0.344 e. The lowest BCUT2D eigenvalue weighted by Gasteiger charge is -2.19.